The van der Waals surface area contributed by atoms with Gasteiger partial charge in [0.15, 0.2) is 11.6 Å². The fourth-order valence-corrected chi connectivity index (χ4v) is 4.62. The van der Waals surface area contributed by atoms with Crippen LogP contribution < -0.4 is 0 Å². The van der Waals surface area contributed by atoms with Gasteiger partial charge in [0.25, 0.3) is 0 Å². The molecule has 30 heavy (non-hydrogen) atoms. The monoisotopic (exact) mass is 403 g/mol. The predicted octanol–water partition coefficient (Wildman–Crippen LogP) is 3.99. The number of nitrogens with zero attached hydrogens (tertiary/aromatic N) is 2. The first-order chi connectivity index (χ1) is 14.4. The van der Waals surface area contributed by atoms with Gasteiger partial charge in [-0.3, -0.25) is 19.4 Å². The van der Waals surface area contributed by atoms with Crippen LogP contribution in [0.5, 0.6) is 0 Å². The van der Waals surface area contributed by atoms with Crippen molar-refractivity contribution in [2.24, 2.45) is 0 Å². The molecule has 1 fully saturated rings. The minimum atomic E-state index is 0.00218. The summed E-state index contributed by atoms with van der Waals surface area (Å²) in [5.74, 6) is 0.0629. The minimum absolute atomic E-state index is 0.00218. The number of hydrogen-bond acceptors (Lipinski definition) is 4. The van der Waals surface area contributed by atoms with Gasteiger partial charge in [-0.1, -0.05) is 42.5 Å². The molecule has 0 bridgehead atoms. The number of Topliss-reactive ketones (excluding diaryl/α,β-unsaturated/α-hetero) is 2. The molecular formula is C25H29N3O2. The van der Waals surface area contributed by atoms with Gasteiger partial charge < -0.3 is 4.98 Å². The molecule has 1 aliphatic rings. The van der Waals surface area contributed by atoms with Crippen LogP contribution in [0.25, 0.3) is 10.8 Å². The average Bonchev–Trinajstić information content (AvgIpc) is 3.04. The summed E-state index contributed by atoms with van der Waals surface area (Å²) < 4.78 is 0. The molecule has 2 heterocycles. The molecule has 3 aromatic rings. The molecule has 0 unspecified atom stereocenters. The molecule has 0 radical (unpaired) electrons. The number of fused-ring (bicyclic) bond motifs is 1. The number of piperazine rings is 1. The van der Waals surface area contributed by atoms with Gasteiger partial charge in [-0.25, -0.2) is 0 Å². The van der Waals surface area contributed by atoms with E-state index >= 15 is 0 Å². The van der Waals surface area contributed by atoms with Gasteiger partial charge in [-0.05, 0) is 42.7 Å². The highest BCUT2D eigenvalue weighted by atomic mass is 16.1. The van der Waals surface area contributed by atoms with E-state index in [1.807, 2.05) is 13.8 Å². The van der Waals surface area contributed by atoms with E-state index in [0.29, 0.717) is 17.8 Å². The number of aromatic nitrogens is 1. The summed E-state index contributed by atoms with van der Waals surface area (Å²) in [5, 5.41) is 2.59. The molecule has 0 atom stereocenters. The first-order valence-corrected chi connectivity index (χ1v) is 10.6. The Morgan fingerprint density at radius 3 is 2.30 bits per heavy atom. The fraction of sp³-hybridized carbons (Fsp3) is 0.360. The quantitative estimate of drug-likeness (QED) is 0.633. The van der Waals surface area contributed by atoms with Crippen molar-refractivity contribution < 1.29 is 9.59 Å². The Hall–Kier alpha value is -2.76. The van der Waals surface area contributed by atoms with E-state index in [4.69, 9.17) is 0 Å². The van der Waals surface area contributed by atoms with Crippen LogP contribution in [-0.2, 0) is 6.54 Å². The lowest BCUT2D eigenvalue weighted by molar-refractivity contribution is 0.0839. The van der Waals surface area contributed by atoms with Crippen LogP contribution in [0.1, 0.15) is 44.6 Å². The number of nitrogens with one attached hydrogen (secondary N) is 1. The Morgan fingerprint density at radius 1 is 0.933 bits per heavy atom. The van der Waals surface area contributed by atoms with Gasteiger partial charge in [0.05, 0.1) is 12.2 Å². The number of ketones is 2. The molecule has 1 aliphatic heterocycles. The average molecular weight is 404 g/mol. The summed E-state index contributed by atoms with van der Waals surface area (Å²) >= 11 is 0. The van der Waals surface area contributed by atoms with Crippen LogP contribution >= 0.6 is 0 Å². The van der Waals surface area contributed by atoms with Gasteiger partial charge in [-0.2, -0.15) is 0 Å². The summed E-state index contributed by atoms with van der Waals surface area (Å²) in [4.78, 5) is 32.5. The van der Waals surface area contributed by atoms with Crippen molar-refractivity contribution in [3.63, 3.8) is 0 Å². The molecule has 5 heteroatoms. The Morgan fingerprint density at radius 2 is 1.60 bits per heavy atom. The largest absolute Gasteiger partial charge is 0.355 e. The molecule has 1 N–H and O–H groups in total. The van der Waals surface area contributed by atoms with Crippen LogP contribution in [0.4, 0.5) is 0 Å². The van der Waals surface area contributed by atoms with Gasteiger partial charge in [0.1, 0.15) is 0 Å². The lowest BCUT2D eigenvalue weighted by Crippen LogP contribution is -2.47. The van der Waals surface area contributed by atoms with Crippen molar-refractivity contribution in [1.29, 1.82) is 0 Å². The highest BCUT2D eigenvalue weighted by Crippen LogP contribution is 2.22. The van der Waals surface area contributed by atoms with E-state index in [2.05, 4.69) is 57.2 Å². The maximum Gasteiger partial charge on any atom is 0.193 e. The molecule has 156 valence electrons. The second-order valence-electron chi connectivity index (χ2n) is 8.29. The lowest BCUT2D eigenvalue weighted by atomic mass is 10.0. The second kappa shape index (κ2) is 8.54. The van der Waals surface area contributed by atoms with Crippen molar-refractivity contribution in [1.82, 2.24) is 14.8 Å². The fourth-order valence-electron chi connectivity index (χ4n) is 4.62. The third-order valence-electron chi connectivity index (χ3n) is 6.17. The molecule has 5 nitrogen and oxygen atoms in total. The molecule has 0 aliphatic carbocycles. The van der Waals surface area contributed by atoms with E-state index in [9.17, 15) is 9.59 Å². The maximum absolute atomic E-state index is 12.8. The van der Waals surface area contributed by atoms with Crippen LogP contribution in [0.2, 0.25) is 0 Å². The van der Waals surface area contributed by atoms with Crippen LogP contribution in [0.15, 0.2) is 42.5 Å². The van der Waals surface area contributed by atoms with Gasteiger partial charge in [-0.15, -0.1) is 0 Å². The number of rotatable bonds is 6. The topological polar surface area (TPSA) is 56.4 Å². The first kappa shape index (κ1) is 20.5. The Bertz CT molecular complexity index is 1090. The van der Waals surface area contributed by atoms with Crippen molar-refractivity contribution in [3.05, 3.63) is 70.5 Å². The Kier molecular flexibility index (Phi) is 5.84. The van der Waals surface area contributed by atoms with Crippen LogP contribution in [0.3, 0.4) is 0 Å². The zero-order valence-corrected chi connectivity index (χ0v) is 18.0. The van der Waals surface area contributed by atoms with E-state index in [0.717, 1.165) is 44.0 Å². The van der Waals surface area contributed by atoms with E-state index in [1.165, 1.54) is 16.3 Å². The molecule has 0 spiro atoms. The summed E-state index contributed by atoms with van der Waals surface area (Å²) in [6, 6.07) is 15.0. The third-order valence-corrected chi connectivity index (χ3v) is 6.17. The Balaban J connectivity index is 1.36. The molecule has 1 aromatic heterocycles. The highest BCUT2D eigenvalue weighted by molar-refractivity contribution is 6.03. The second-order valence-corrected chi connectivity index (χ2v) is 8.29. The summed E-state index contributed by atoms with van der Waals surface area (Å²) in [5.41, 5.74) is 4.14. The zero-order chi connectivity index (χ0) is 21.3. The number of hydrogen-bond donors (Lipinski definition) is 1. The highest BCUT2D eigenvalue weighted by Gasteiger charge is 2.24. The molecule has 0 saturated carbocycles. The Labute approximate surface area is 177 Å². The summed E-state index contributed by atoms with van der Waals surface area (Å²) in [7, 11) is 0. The third kappa shape index (κ3) is 4.09. The molecule has 2 aromatic carbocycles. The van der Waals surface area contributed by atoms with E-state index in [1.54, 1.807) is 6.92 Å². The molecule has 1 saturated heterocycles. The van der Waals surface area contributed by atoms with Crippen molar-refractivity contribution in [2.45, 2.75) is 27.3 Å². The maximum atomic E-state index is 12.8. The van der Waals surface area contributed by atoms with Crippen molar-refractivity contribution in [2.75, 3.05) is 32.7 Å². The van der Waals surface area contributed by atoms with Crippen LogP contribution in [0, 0.1) is 13.8 Å². The van der Waals surface area contributed by atoms with Gasteiger partial charge in [0, 0.05) is 44.0 Å². The summed E-state index contributed by atoms with van der Waals surface area (Å²) in [6.45, 7) is 10.2. The van der Waals surface area contributed by atoms with Crippen LogP contribution in [-0.4, -0.2) is 59.1 Å². The summed E-state index contributed by atoms with van der Waals surface area (Å²) in [6.07, 6.45) is 0. The number of carbonyl (C=O) groups excluding carboxylic acids is 2. The van der Waals surface area contributed by atoms with E-state index < -0.39 is 0 Å². The van der Waals surface area contributed by atoms with Crippen molar-refractivity contribution in [3.8, 4) is 0 Å². The predicted molar refractivity (Wildman–Crippen MR) is 120 cm³/mol. The standard InChI is InChI=1S/C25H29N3O2/c1-17-24(19(3)29)18(2)26-25(17)23(30)16-28-13-11-27(12-14-28)15-21-9-6-8-20-7-4-5-10-22(20)21/h4-10,26H,11-16H2,1-3H3. The lowest BCUT2D eigenvalue weighted by Gasteiger charge is -2.34. The number of carbonyl (C=O) groups is 2. The zero-order valence-electron chi connectivity index (χ0n) is 18.0. The number of aryl methyl sites for hydroxylation is 1. The molecule has 4 rings (SSSR count). The minimum Gasteiger partial charge on any atom is -0.355 e. The smallest absolute Gasteiger partial charge is 0.193 e. The number of aromatic amines is 1. The molecule has 0 amide bonds. The van der Waals surface area contributed by atoms with Gasteiger partial charge >= 0.3 is 0 Å². The first-order valence-electron chi connectivity index (χ1n) is 10.6. The van der Waals surface area contributed by atoms with Gasteiger partial charge in [0.2, 0.25) is 0 Å². The number of H-pyrrole nitrogens is 1. The van der Waals surface area contributed by atoms with E-state index in [-0.39, 0.29) is 11.6 Å². The SMILES string of the molecule is CC(=O)c1c(C)[nH]c(C(=O)CN2CCN(Cc3cccc4ccccc34)CC2)c1C. The number of benzene rings is 2. The molecular weight excluding hydrogens is 374 g/mol. The van der Waals surface area contributed by atoms with Crippen molar-refractivity contribution >= 4 is 22.3 Å². The normalized spacial score (nSPS) is 15.6.